The highest BCUT2D eigenvalue weighted by Gasteiger charge is 1.95. The van der Waals surface area contributed by atoms with E-state index in [0.29, 0.717) is 5.69 Å². The van der Waals surface area contributed by atoms with Gasteiger partial charge in [0.15, 0.2) is 0 Å². The molecular weight excluding hydrogens is 152 g/mol. The van der Waals surface area contributed by atoms with E-state index in [1.807, 2.05) is 18.2 Å². The quantitative estimate of drug-likeness (QED) is 0.680. The summed E-state index contributed by atoms with van der Waals surface area (Å²) < 4.78 is 0. The molecule has 0 aromatic carbocycles. The minimum Gasteiger partial charge on any atom is -0.390 e. The fourth-order valence-electron chi connectivity index (χ4n) is 1.09. The van der Waals surface area contributed by atoms with Crippen LogP contribution in [0.3, 0.4) is 0 Å². The zero-order chi connectivity index (χ0) is 8.39. The first-order chi connectivity index (χ1) is 5.90. The maximum absolute atomic E-state index is 8.81. The molecule has 2 aromatic heterocycles. The molecule has 2 aromatic rings. The Bertz CT molecular complexity index is 400. The Balaban J connectivity index is 2.67. The second-order valence-electron chi connectivity index (χ2n) is 2.50. The van der Waals surface area contributed by atoms with E-state index in [0.717, 1.165) is 11.0 Å². The van der Waals surface area contributed by atoms with Crippen LogP contribution in [0, 0.1) is 0 Å². The van der Waals surface area contributed by atoms with Gasteiger partial charge in [-0.15, -0.1) is 0 Å². The zero-order valence-corrected chi connectivity index (χ0v) is 6.44. The molecule has 0 bridgehead atoms. The molecule has 0 atom stereocenters. The SMILES string of the molecule is OCc1ccc2ncccc2n1. The fraction of sp³-hybridized carbons (Fsp3) is 0.111. The van der Waals surface area contributed by atoms with Gasteiger partial charge < -0.3 is 5.11 Å². The average Bonchev–Trinajstić information content (AvgIpc) is 2.17. The minimum absolute atomic E-state index is 0.0230. The van der Waals surface area contributed by atoms with Crippen molar-refractivity contribution in [3.63, 3.8) is 0 Å². The molecule has 2 heterocycles. The van der Waals surface area contributed by atoms with Crippen molar-refractivity contribution in [2.75, 3.05) is 0 Å². The third-order valence-electron chi connectivity index (χ3n) is 1.68. The third kappa shape index (κ3) is 1.14. The lowest BCUT2D eigenvalue weighted by molar-refractivity contribution is 0.277. The van der Waals surface area contributed by atoms with Crippen molar-refractivity contribution in [3.8, 4) is 0 Å². The Hall–Kier alpha value is -1.48. The summed E-state index contributed by atoms with van der Waals surface area (Å²) in [5.41, 5.74) is 2.36. The van der Waals surface area contributed by atoms with Crippen molar-refractivity contribution >= 4 is 11.0 Å². The number of aliphatic hydroxyl groups excluding tert-OH is 1. The fourth-order valence-corrected chi connectivity index (χ4v) is 1.09. The van der Waals surface area contributed by atoms with Crippen molar-refractivity contribution in [3.05, 3.63) is 36.2 Å². The zero-order valence-electron chi connectivity index (χ0n) is 6.44. The lowest BCUT2D eigenvalue weighted by Gasteiger charge is -1.97. The van der Waals surface area contributed by atoms with Gasteiger partial charge in [-0.2, -0.15) is 0 Å². The van der Waals surface area contributed by atoms with Crippen molar-refractivity contribution in [1.82, 2.24) is 9.97 Å². The predicted molar refractivity (Wildman–Crippen MR) is 45.5 cm³/mol. The summed E-state index contributed by atoms with van der Waals surface area (Å²) in [6.07, 6.45) is 1.72. The number of nitrogens with zero attached hydrogens (tertiary/aromatic N) is 2. The van der Waals surface area contributed by atoms with Crippen LogP contribution in [-0.4, -0.2) is 15.1 Å². The first kappa shape index (κ1) is 7.18. The summed E-state index contributed by atoms with van der Waals surface area (Å²) in [5.74, 6) is 0. The molecule has 3 nitrogen and oxygen atoms in total. The van der Waals surface area contributed by atoms with E-state index in [-0.39, 0.29) is 6.61 Å². The maximum Gasteiger partial charge on any atom is 0.0891 e. The number of hydrogen-bond acceptors (Lipinski definition) is 3. The standard InChI is InChI=1S/C9H8N2O/c12-6-7-3-4-8-9(11-7)2-1-5-10-8/h1-5,12H,6H2. The second-order valence-corrected chi connectivity index (χ2v) is 2.50. The van der Waals surface area contributed by atoms with E-state index in [2.05, 4.69) is 9.97 Å². The van der Waals surface area contributed by atoms with E-state index in [1.165, 1.54) is 0 Å². The largest absolute Gasteiger partial charge is 0.390 e. The van der Waals surface area contributed by atoms with Crippen LogP contribution < -0.4 is 0 Å². The lowest BCUT2D eigenvalue weighted by Crippen LogP contribution is -1.89. The molecular formula is C9H8N2O. The number of aromatic nitrogens is 2. The molecule has 3 heteroatoms. The molecule has 12 heavy (non-hydrogen) atoms. The molecule has 0 saturated carbocycles. The highest BCUT2D eigenvalue weighted by molar-refractivity contribution is 5.73. The van der Waals surface area contributed by atoms with Gasteiger partial charge in [0.2, 0.25) is 0 Å². The van der Waals surface area contributed by atoms with Crippen molar-refractivity contribution < 1.29 is 5.11 Å². The van der Waals surface area contributed by atoms with Gasteiger partial charge in [0, 0.05) is 6.20 Å². The highest BCUT2D eigenvalue weighted by atomic mass is 16.3. The number of pyridine rings is 2. The topological polar surface area (TPSA) is 46.0 Å². The third-order valence-corrected chi connectivity index (χ3v) is 1.68. The van der Waals surface area contributed by atoms with E-state index in [9.17, 15) is 0 Å². The molecule has 0 spiro atoms. The summed E-state index contributed by atoms with van der Waals surface area (Å²) in [6, 6.07) is 7.33. The van der Waals surface area contributed by atoms with Gasteiger partial charge in [-0.3, -0.25) is 4.98 Å². The number of hydrogen-bond donors (Lipinski definition) is 1. The molecule has 0 unspecified atom stereocenters. The Morgan fingerprint density at radius 2 is 2.08 bits per heavy atom. The molecule has 1 N–H and O–H groups in total. The smallest absolute Gasteiger partial charge is 0.0891 e. The normalized spacial score (nSPS) is 10.4. The summed E-state index contributed by atoms with van der Waals surface area (Å²) in [5, 5.41) is 8.81. The number of fused-ring (bicyclic) bond motifs is 1. The average molecular weight is 160 g/mol. The molecule has 60 valence electrons. The predicted octanol–water partition coefficient (Wildman–Crippen LogP) is 1.12. The van der Waals surface area contributed by atoms with Gasteiger partial charge in [0.25, 0.3) is 0 Å². The molecule has 0 fully saturated rings. The molecule has 0 amide bonds. The van der Waals surface area contributed by atoms with E-state index >= 15 is 0 Å². The van der Waals surface area contributed by atoms with Crippen LogP contribution in [0.1, 0.15) is 5.69 Å². The van der Waals surface area contributed by atoms with Crippen molar-refractivity contribution in [1.29, 1.82) is 0 Å². The molecule has 0 aliphatic heterocycles. The number of aliphatic hydroxyl groups is 1. The molecule has 2 rings (SSSR count). The molecule has 0 aliphatic rings. The Morgan fingerprint density at radius 3 is 2.92 bits per heavy atom. The summed E-state index contributed by atoms with van der Waals surface area (Å²) >= 11 is 0. The van der Waals surface area contributed by atoms with Gasteiger partial charge in [0.1, 0.15) is 0 Å². The maximum atomic E-state index is 8.81. The van der Waals surface area contributed by atoms with Gasteiger partial charge >= 0.3 is 0 Å². The molecule has 0 saturated heterocycles. The van der Waals surface area contributed by atoms with Crippen LogP contribution in [0.5, 0.6) is 0 Å². The van der Waals surface area contributed by atoms with Crippen LogP contribution in [-0.2, 0) is 6.61 Å². The minimum atomic E-state index is -0.0230. The van der Waals surface area contributed by atoms with Crippen LogP contribution >= 0.6 is 0 Å². The first-order valence-electron chi connectivity index (χ1n) is 3.71. The summed E-state index contributed by atoms with van der Waals surface area (Å²) in [7, 11) is 0. The van der Waals surface area contributed by atoms with Crippen LogP contribution in [0.15, 0.2) is 30.5 Å². The molecule has 0 radical (unpaired) electrons. The van der Waals surface area contributed by atoms with E-state index in [1.54, 1.807) is 12.3 Å². The van der Waals surface area contributed by atoms with E-state index in [4.69, 9.17) is 5.11 Å². The van der Waals surface area contributed by atoms with Crippen LogP contribution in [0.4, 0.5) is 0 Å². The monoisotopic (exact) mass is 160 g/mol. The van der Waals surface area contributed by atoms with Crippen LogP contribution in [0.25, 0.3) is 11.0 Å². The Morgan fingerprint density at radius 1 is 1.17 bits per heavy atom. The lowest BCUT2D eigenvalue weighted by atomic mass is 10.3. The van der Waals surface area contributed by atoms with Gasteiger partial charge in [0.05, 0.1) is 23.3 Å². The van der Waals surface area contributed by atoms with Gasteiger partial charge in [-0.1, -0.05) is 0 Å². The first-order valence-corrected chi connectivity index (χ1v) is 3.71. The number of rotatable bonds is 1. The summed E-state index contributed by atoms with van der Waals surface area (Å²) in [4.78, 5) is 8.29. The van der Waals surface area contributed by atoms with Gasteiger partial charge in [-0.25, -0.2) is 4.98 Å². The second kappa shape index (κ2) is 2.87. The van der Waals surface area contributed by atoms with Crippen molar-refractivity contribution in [2.24, 2.45) is 0 Å². The molecule has 0 aliphatic carbocycles. The van der Waals surface area contributed by atoms with Crippen molar-refractivity contribution in [2.45, 2.75) is 6.61 Å². The highest BCUT2D eigenvalue weighted by Crippen LogP contribution is 2.08. The Labute approximate surface area is 69.7 Å². The summed E-state index contributed by atoms with van der Waals surface area (Å²) in [6.45, 7) is -0.0230. The van der Waals surface area contributed by atoms with Gasteiger partial charge in [-0.05, 0) is 24.3 Å². The van der Waals surface area contributed by atoms with Crippen LogP contribution in [0.2, 0.25) is 0 Å². The van der Waals surface area contributed by atoms with E-state index < -0.39 is 0 Å². The Kier molecular flexibility index (Phi) is 1.72.